The summed E-state index contributed by atoms with van der Waals surface area (Å²) in [5.41, 5.74) is 2.33. The molecule has 0 saturated carbocycles. The number of aliphatic hydroxyl groups excluding tert-OH is 1. The Hall–Kier alpha value is -3.06. The largest absolute Gasteiger partial charge is 0.495 e. The van der Waals surface area contributed by atoms with Gasteiger partial charge in [0.15, 0.2) is 0 Å². The molecule has 2 amide bonds. The van der Waals surface area contributed by atoms with Crippen LogP contribution in [0.5, 0.6) is 5.75 Å². The number of hydrogen-bond donors (Lipinski definition) is 2. The zero-order chi connectivity index (χ0) is 20.1. The molecule has 2 N–H and O–H groups in total. The number of carbonyl (C=O) groups is 2. The predicted molar refractivity (Wildman–Crippen MR) is 104 cm³/mol. The molecule has 2 atom stereocenters. The first-order valence-corrected chi connectivity index (χ1v) is 9.09. The van der Waals surface area contributed by atoms with Gasteiger partial charge in [0.1, 0.15) is 18.4 Å². The van der Waals surface area contributed by atoms with Crippen molar-refractivity contribution in [2.75, 3.05) is 19.0 Å². The average molecular weight is 384 g/mol. The van der Waals surface area contributed by atoms with Crippen molar-refractivity contribution >= 4 is 17.7 Å². The fraction of sp³-hybridized carbons (Fsp3) is 0.333. The van der Waals surface area contributed by atoms with Crippen LogP contribution < -0.4 is 10.1 Å². The molecule has 3 rings (SSSR count). The van der Waals surface area contributed by atoms with Crippen LogP contribution in [0.1, 0.15) is 17.5 Å². The van der Waals surface area contributed by atoms with E-state index >= 15 is 0 Å². The number of amides is 2. The van der Waals surface area contributed by atoms with Crippen molar-refractivity contribution in [3.05, 3.63) is 59.7 Å². The van der Waals surface area contributed by atoms with Gasteiger partial charge in [0.2, 0.25) is 5.91 Å². The summed E-state index contributed by atoms with van der Waals surface area (Å²) < 4.78 is 10.6. The Kier molecular flexibility index (Phi) is 6.16. The molecule has 0 aliphatic carbocycles. The molecule has 1 aliphatic heterocycles. The lowest BCUT2D eigenvalue weighted by molar-refractivity contribution is -0.120. The second-order valence-electron chi connectivity index (χ2n) is 6.79. The Morgan fingerprint density at radius 1 is 1.21 bits per heavy atom. The number of β-amino-alcohol motifs (C(OH)–C–C–N with tert-alkyl or cyclic N) is 1. The average Bonchev–Trinajstić information content (AvgIpc) is 3.09. The van der Waals surface area contributed by atoms with Crippen LogP contribution in [0, 0.1) is 6.92 Å². The maximum atomic E-state index is 12.8. The van der Waals surface area contributed by atoms with Gasteiger partial charge in [0, 0.05) is 6.42 Å². The van der Waals surface area contributed by atoms with Gasteiger partial charge < -0.3 is 19.9 Å². The van der Waals surface area contributed by atoms with Crippen molar-refractivity contribution < 1.29 is 24.2 Å². The number of likely N-dealkylation sites (tertiary alicyclic amines) is 1. The van der Waals surface area contributed by atoms with Gasteiger partial charge in [-0.3, -0.25) is 9.69 Å². The van der Waals surface area contributed by atoms with Gasteiger partial charge in [0.05, 0.1) is 25.4 Å². The number of aryl methyl sites for hydroxylation is 1. The quantitative estimate of drug-likeness (QED) is 0.828. The van der Waals surface area contributed by atoms with Crippen molar-refractivity contribution in [1.29, 1.82) is 0 Å². The third kappa shape index (κ3) is 4.61. The summed E-state index contributed by atoms with van der Waals surface area (Å²) in [6.45, 7) is 2.06. The third-order valence-electron chi connectivity index (χ3n) is 4.63. The Balaban J connectivity index is 1.68. The summed E-state index contributed by atoms with van der Waals surface area (Å²) in [5.74, 6) is 0.132. The minimum Gasteiger partial charge on any atom is -0.495 e. The molecule has 1 heterocycles. The van der Waals surface area contributed by atoms with Gasteiger partial charge in [-0.2, -0.15) is 0 Å². The lowest BCUT2D eigenvalue weighted by Gasteiger charge is -2.23. The SMILES string of the molecule is COc1ccc(C)cc1NC(=O)[C@@H]1C[C@@H](O)CN1C(=O)OCc1ccccc1. The molecule has 1 aliphatic rings. The maximum Gasteiger partial charge on any atom is 0.410 e. The zero-order valence-electron chi connectivity index (χ0n) is 15.9. The Bertz CT molecular complexity index is 840. The van der Waals surface area contributed by atoms with E-state index in [0.717, 1.165) is 11.1 Å². The maximum absolute atomic E-state index is 12.8. The van der Waals surface area contributed by atoms with E-state index in [-0.39, 0.29) is 19.6 Å². The van der Waals surface area contributed by atoms with Crippen LogP contribution >= 0.6 is 0 Å². The number of aliphatic hydroxyl groups is 1. The van der Waals surface area contributed by atoms with Gasteiger partial charge >= 0.3 is 6.09 Å². The van der Waals surface area contributed by atoms with Crippen LogP contribution in [0.4, 0.5) is 10.5 Å². The molecule has 1 saturated heterocycles. The standard InChI is InChI=1S/C21H24N2O5/c1-14-8-9-19(27-2)17(10-14)22-20(25)18-11-16(24)12-23(18)21(26)28-13-15-6-4-3-5-7-15/h3-10,16,18,24H,11-13H2,1-2H3,(H,22,25)/t16-,18+/m1/s1. The first-order chi connectivity index (χ1) is 13.5. The number of nitrogens with one attached hydrogen (secondary N) is 1. The normalized spacial score (nSPS) is 18.6. The van der Waals surface area contributed by atoms with Crippen LogP contribution in [0.3, 0.4) is 0 Å². The highest BCUT2D eigenvalue weighted by molar-refractivity contribution is 5.98. The first kappa shape index (κ1) is 19.7. The van der Waals surface area contributed by atoms with Crippen molar-refractivity contribution in [2.24, 2.45) is 0 Å². The molecule has 2 aromatic carbocycles. The number of carbonyl (C=O) groups excluding carboxylic acids is 2. The van der Waals surface area contributed by atoms with Crippen molar-refractivity contribution in [1.82, 2.24) is 4.90 Å². The summed E-state index contributed by atoms with van der Waals surface area (Å²) in [6, 6.07) is 13.9. The summed E-state index contributed by atoms with van der Waals surface area (Å²) in [5, 5.41) is 12.8. The second kappa shape index (κ2) is 8.75. The molecule has 7 heteroatoms. The van der Waals surface area contributed by atoms with E-state index in [1.54, 1.807) is 12.1 Å². The Morgan fingerprint density at radius 3 is 2.68 bits per heavy atom. The topological polar surface area (TPSA) is 88.1 Å². The molecule has 0 spiro atoms. The zero-order valence-corrected chi connectivity index (χ0v) is 15.9. The van der Waals surface area contributed by atoms with E-state index in [0.29, 0.717) is 11.4 Å². The minimum absolute atomic E-state index is 0.0522. The molecule has 0 radical (unpaired) electrons. The van der Waals surface area contributed by atoms with Crippen molar-refractivity contribution in [3.63, 3.8) is 0 Å². The summed E-state index contributed by atoms with van der Waals surface area (Å²) >= 11 is 0. The van der Waals surface area contributed by atoms with E-state index in [4.69, 9.17) is 9.47 Å². The van der Waals surface area contributed by atoms with Crippen molar-refractivity contribution in [2.45, 2.75) is 32.1 Å². The molecule has 0 bridgehead atoms. The lowest BCUT2D eigenvalue weighted by atomic mass is 10.1. The molecule has 148 valence electrons. The van der Waals surface area contributed by atoms with Crippen molar-refractivity contribution in [3.8, 4) is 5.75 Å². The van der Waals surface area contributed by atoms with Gasteiger partial charge in [-0.25, -0.2) is 4.79 Å². The van der Waals surface area contributed by atoms with Gasteiger partial charge in [-0.15, -0.1) is 0 Å². The van der Waals surface area contributed by atoms with Gasteiger partial charge in [-0.1, -0.05) is 36.4 Å². The molecular weight excluding hydrogens is 360 g/mol. The number of anilines is 1. The van der Waals surface area contributed by atoms with Crippen LogP contribution in [0.2, 0.25) is 0 Å². The van der Waals surface area contributed by atoms with Gasteiger partial charge in [-0.05, 0) is 30.2 Å². The Morgan fingerprint density at radius 2 is 1.96 bits per heavy atom. The van der Waals surface area contributed by atoms with Gasteiger partial charge in [0.25, 0.3) is 0 Å². The van der Waals surface area contributed by atoms with Crippen LogP contribution in [-0.4, -0.2) is 47.8 Å². The number of benzene rings is 2. The third-order valence-corrected chi connectivity index (χ3v) is 4.63. The molecule has 28 heavy (non-hydrogen) atoms. The van der Waals surface area contributed by atoms with E-state index in [9.17, 15) is 14.7 Å². The van der Waals surface area contributed by atoms with E-state index in [2.05, 4.69) is 5.32 Å². The lowest BCUT2D eigenvalue weighted by Crippen LogP contribution is -2.43. The molecule has 0 unspecified atom stereocenters. The van der Waals surface area contributed by atoms with E-state index in [1.807, 2.05) is 43.3 Å². The van der Waals surface area contributed by atoms with Crippen LogP contribution in [0.15, 0.2) is 48.5 Å². The van der Waals surface area contributed by atoms with E-state index in [1.165, 1.54) is 12.0 Å². The first-order valence-electron chi connectivity index (χ1n) is 9.09. The summed E-state index contributed by atoms with van der Waals surface area (Å²) in [6.07, 6.45) is -1.25. The number of ether oxygens (including phenoxy) is 2. The Labute approximate surface area is 163 Å². The highest BCUT2D eigenvalue weighted by Crippen LogP contribution is 2.27. The number of rotatable bonds is 5. The van der Waals surface area contributed by atoms with Crippen LogP contribution in [-0.2, 0) is 16.1 Å². The fourth-order valence-electron chi connectivity index (χ4n) is 3.20. The molecular formula is C21H24N2O5. The number of hydrogen-bond acceptors (Lipinski definition) is 5. The minimum atomic E-state index is -0.816. The van der Waals surface area contributed by atoms with E-state index < -0.39 is 24.1 Å². The van der Waals surface area contributed by atoms with Crippen LogP contribution in [0.25, 0.3) is 0 Å². The second-order valence-corrected chi connectivity index (χ2v) is 6.79. The summed E-state index contributed by atoms with van der Waals surface area (Å²) in [7, 11) is 1.52. The summed E-state index contributed by atoms with van der Waals surface area (Å²) in [4.78, 5) is 26.6. The molecule has 0 aromatic heterocycles. The molecule has 7 nitrogen and oxygen atoms in total. The number of nitrogens with zero attached hydrogens (tertiary/aromatic N) is 1. The molecule has 1 fully saturated rings. The monoisotopic (exact) mass is 384 g/mol. The predicted octanol–water partition coefficient (Wildman–Crippen LogP) is 2.71. The number of methoxy groups -OCH3 is 1. The molecule has 2 aromatic rings. The highest BCUT2D eigenvalue weighted by Gasteiger charge is 2.40. The smallest absolute Gasteiger partial charge is 0.410 e. The fourth-order valence-corrected chi connectivity index (χ4v) is 3.20. The highest BCUT2D eigenvalue weighted by atomic mass is 16.6.